The molecule has 81 heavy (non-hydrogen) atoms. The van der Waals surface area contributed by atoms with E-state index in [2.05, 4.69) is 191 Å². The average Bonchev–Trinajstić information content (AvgIpc) is 3.47. The van der Waals surface area contributed by atoms with Gasteiger partial charge >= 0.3 is 17.9 Å². The molecule has 0 aromatic heterocycles. The van der Waals surface area contributed by atoms with E-state index in [1.807, 2.05) is 0 Å². The molecule has 6 nitrogen and oxygen atoms in total. The number of allylic oxidation sites excluding steroid dienone is 28. The van der Waals surface area contributed by atoms with Gasteiger partial charge in [0, 0.05) is 19.3 Å². The van der Waals surface area contributed by atoms with E-state index in [-0.39, 0.29) is 37.5 Å². The van der Waals surface area contributed by atoms with Gasteiger partial charge < -0.3 is 14.2 Å². The molecule has 0 bridgehead atoms. The molecule has 6 heteroatoms. The first-order valence-corrected chi connectivity index (χ1v) is 32.6. The minimum absolute atomic E-state index is 0.113. The smallest absolute Gasteiger partial charge is 0.306 e. The lowest BCUT2D eigenvalue weighted by Crippen LogP contribution is -2.30. The lowest BCUT2D eigenvalue weighted by molar-refractivity contribution is -0.167. The van der Waals surface area contributed by atoms with E-state index >= 15 is 0 Å². The lowest BCUT2D eigenvalue weighted by Gasteiger charge is -2.18. The van der Waals surface area contributed by atoms with Gasteiger partial charge in [-0.25, -0.2) is 0 Å². The minimum Gasteiger partial charge on any atom is -0.462 e. The topological polar surface area (TPSA) is 78.9 Å². The van der Waals surface area contributed by atoms with Crippen LogP contribution in [-0.4, -0.2) is 37.2 Å². The van der Waals surface area contributed by atoms with Crippen molar-refractivity contribution in [3.05, 3.63) is 170 Å². The van der Waals surface area contributed by atoms with Crippen LogP contribution < -0.4 is 0 Å². The Labute approximate surface area is 498 Å². The molecule has 0 aromatic rings. The Morgan fingerprint density at radius 2 is 0.494 bits per heavy atom. The summed E-state index contributed by atoms with van der Waals surface area (Å²) in [6, 6.07) is 0. The molecule has 0 saturated heterocycles. The molecule has 0 spiro atoms. The predicted octanol–water partition coefficient (Wildman–Crippen LogP) is 22.7. The number of carbonyl (C=O) groups is 3. The Balaban J connectivity index is 4.49. The van der Waals surface area contributed by atoms with E-state index in [1.54, 1.807) is 0 Å². The molecule has 0 aliphatic heterocycles. The van der Waals surface area contributed by atoms with Crippen molar-refractivity contribution in [3.63, 3.8) is 0 Å². The van der Waals surface area contributed by atoms with Crippen LogP contribution >= 0.6 is 0 Å². The van der Waals surface area contributed by atoms with Gasteiger partial charge in [-0.3, -0.25) is 14.4 Å². The Morgan fingerprint density at radius 3 is 0.802 bits per heavy atom. The van der Waals surface area contributed by atoms with Gasteiger partial charge in [0.1, 0.15) is 13.2 Å². The van der Waals surface area contributed by atoms with Crippen LogP contribution in [0.2, 0.25) is 0 Å². The Bertz CT molecular complexity index is 1860. The molecule has 454 valence electrons. The van der Waals surface area contributed by atoms with Crippen molar-refractivity contribution >= 4 is 17.9 Å². The summed E-state index contributed by atoms with van der Waals surface area (Å²) in [6.07, 6.45) is 99.3. The molecule has 0 amide bonds. The third kappa shape index (κ3) is 65.5. The fourth-order valence-corrected chi connectivity index (χ4v) is 8.37. The number of hydrogen-bond acceptors (Lipinski definition) is 6. The summed E-state index contributed by atoms with van der Waals surface area (Å²) >= 11 is 0. The summed E-state index contributed by atoms with van der Waals surface area (Å²) in [6.45, 7) is 6.32. The molecule has 0 radical (unpaired) electrons. The van der Waals surface area contributed by atoms with Gasteiger partial charge in [0.25, 0.3) is 0 Å². The van der Waals surface area contributed by atoms with Crippen LogP contribution in [0.4, 0.5) is 0 Å². The van der Waals surface area contributed by atoms with E-state index < -0.39 is 6.10 Å². The summed E-state index contributed by atoms with van der Waals surface area (Å²) in [5.41, 5.74) is 0. The summed E-state index contributed by atoms with van der Waals surface area (Å²) in [5, 5.41) is 0. The Morgan fingerprint density at radius 1 is 0.259 bits per heavy atom. The van der Waals surface area contributed by atoms with Crippen LogP contribution in [0.15, 0.2) is 170 Å². The monoisotopic (exact) mass is 1110 g/mol. The maximum Gasteiger partial charge on any atom is 0.306 e. The number of hydrogen-bond donors (Lipinski definition) is 0. The van der Waals surface area contributed by atoms with Gasteiger partial charge in [-0.05, 0) is 148 Å². The lowest BCUT2D eigenvalue weighted by atomic mass is 10.1. The van der Waals surface area contributed by atoms with Gasteiger partial charge in [0.15, 0.2) is 6.10 Å². The normalized spacial score (nSPS) is 13.3. The fourth-order valence-electron chi connectivity index (χ4n) is 8.37. The van der Waals surface area contributed by atoms with Crippen molar-refractivity contribution in [2.45, 2.75) is 271 Å². The first-order chi connectivity index (χ1) is 40.0. The predicted molar refractivity (Wildman–Crippen MR) is 352 cm³/mol. The van der Waals surface area contributed by atoms with Crippen molar-refractivity contribution in [1.82, 2.24) is 0 Å². The molecule has 0 aromatic carbocycles. The third-order valence-electron chi connectivity index (χ3n) is 13.2. The van der Waals surface area contributed by atoms with Crippen molar-refractivity contribution in [3.8, 4) is 0 Å². The van der Waals surface area contributed by atoms with Crippen molar-refractivity contribution in [1.29, 1.82) is 0 Å². The number of esters is 3. The van der Waals surface area contributed by atoms with Gasteiger partial charge in [-0.15, -0.1) is 0 Å². The quantitative estimate of drug-likeness (QED) is 0.0261. The van der Waals surface area contributed by atoms with Crippen LogP contribution in [0, 0.1) is 0 Å². The van der Waals surface area contributed by atoms with E-state index in [0.29, 0.717) is 19.3 Å². The van der Waals surface area contributed by atoms with E-state index in [9.17, 15) is 14.4 Å². The van der Waals surface area contributed by atoms with Gasteiger partial charge in [-0.2, -0.15) is 0 Å². The molecule has 1 atom stereocenters. The van der Waals surface area contributed by atoms with E-state index in [1.165, 1.54) is 70.6 Å². The summed E-state index contributed by atoms with van der Waals surface area (Å²) in [4.78, 5) is 38.4. The maximum absolute atomic E-state index is 12.9. The molecule has 0 aliphatic rings. The van der Waals surface area contributed by atoms with Crippen molar-refractivity contribution in [2.24, 2.45) is 0 Å². The number of rotatable bonds is 57. The zero-order chi connectivity index (χ0) is 58.5. The molecule has 0 aliphatic carbocycles. The van der Waals surface area contributed by atoms with Crippen molar-refractivity contribution in [2.75, 3.05) is 13.2 Å². The first-order valence-electron chi connectivity index (χ1n) is 32.6. The second-order valence-corrected chi connectivity index (χ2v) is 20.9. The largest absolute Gasteiger partial charge is 0.462 e. The zero-order valence-electron chi connectivity index (χ0n) is 52.0. The SMILES string of the molecule is CC/C=C\C/C=C\C/C=C\C/C=C\C/C=C\C/C=C\CCCCCCCCCCC(=O)OCC(COC(=O)CCC/C=C\C/C=C\C/C=C\C/C=C\C/C=C\CC)OC(=O)CCCCCCCC/C=C\C/C=C\C/C=C\CCCCC. The van der Waals surface area contributed by atoms with Crippen LogP contribution in [0.5, 0.6) is 0 Å². The number of carbonyl (C=O) groups excluding carboxylic acids is 3. The maximum atomic E-state index is 12.9. The highest BCUT2D eigenvalue weighted by Crippen LogP contribution is 2.14. The first kappa shape index (κ1) is 75.8. The summed E-state index contributed by atoms with van der Waals surface area (Å²) in [5.74, 6) is -0.998. The Hall–Kier alpha value is -5.23. The van der Waals surface area contributed by atoms with Gasteiger partial charge in [0.2, 0.25) is 0 Å². The molecule has 0 N–H and O–H groups in total. The van der Waals surface area contributed by atoms with Gasteiger partial charge in [-0.1, -0.05) is 268 Å². The highest BCUT2D eigenvalue weighted by Gasteiger charge is 2.19. The van der Waals surface area contributed by atoms with Crippen LogP contribution in [0.1, 0.15) is 265 Å². The second kappa shape index (κ2) is 67.3. The van der Waals surface area contributed by atoms with E-state index in [0.717, 1.165) is 148 Å². The molecular formula is C75H118O6. The summed E-state index contributed by atoms with van der Waals surface area (Å²) < 4.78 is 16.9. The molecule has 1 unspecified atom stereocenters. The molecule has 0 saturated carbocycles. The van der Waals surface area contributed by atoms with Crippen LogP contribution in [-0.2, 0) is 28.6 Å². The van der Waals surface area contributed by atoms with Crippen molar-refractivity contribution < 1.29 is 28.6 Å². The molecule has 0 heterocycles. The van der Waals surface area contributed by atoms with Gasteiger partial charge in [0.05, 0.1) is 0 Å². The third-order valence-corrected chi connectivity index (χ3v) is 13.2. The number of unbranched alkanes of at least 4 members (excludes halogenated alkanes) is 18. The van der Waals surface area contributed by atoms with Crippen LogP contribution in [0.25, 0.3) is 0 Å². The van der Waals surface area contributed by atoms with Crippen LogP contribution in [0.3, 0.4) is 0 Å². The highest BCUT2D eigenvalue weighted by atomic mass is 16.6. The zero-order valence-corrected chi connectivity index (χ0v) is 52.0. The Kier molecular flexibility index (Phi) is 62.9. The molecule has 0 fully saturated rings. The molecular weight excluding hydrogens is 997 g/mol. The summed E-state index contributed by atoms with van der Waals surface area (Å²) in [7, 11) is 0. The number of ether oxygens (including phenoxy) is 3. The average molecular weight is 1120 g/mol. The van der Waals surface area contributed by atoms with E-state index in [4.69, 9.17) is 14.2 Å². The standard InChI is InChI=1S/C75H118O6/c1-4-7-10-13-16-19-22-25-28-31-33-34-35-36-37-38-39-40-42-44-47-50-53-56-59-62-65-68-74(77)80-71-72(70-79-73(76)67-64-61-58-55-52-49-46-43-30-27-24-21-18-15-12-9-6-3)81-75(78)69-66-63-60-57-54-51-48-45-41-32-29-26-23-20-17-14-11-8-5-2/h7,9-10,12,16-21,25-30,33-34,36-37,39-41,45-46,49,55,58,72H,4-6,8,11,13-15,22-24,31-32,35,38,42-44,47-48,50-54,56-57,59-71H2,1-3H3/b10-7-,12-9-,19-16-,20-17-,21-18-,28-25-,29-26-,30-27-,34-33-,37-36-,40-39-,45-41-,49-46-,58-55-. The highest BCUT2D eigenvalue weighted by molar-refractivity contribution is 5.71. The minimum atomic E-state index is -0.823. The fraction of sp³-hybridized carbons (Fsp3) is 0.587. The second-order valence-electron chi connectivity index (χ2n) is 20.9. The molecule has 0 rings (SSSR count).